The molecular formula is C20H18BrN5O2S. The second-order valence-corrected chi connectivity index (χ2v) is 7.75. The van der Waals surface area contributed by atoms with Gasteiger partial charge in [0.1, 0.15) is 5.75 Å². The molecule has 2 aromatic carbocycles. The Balaban J connectivity index is 1.63. The number of hydrazone groups is 1. The first kappa shape index (κ1) is 20.8. The van der Waals surface area contributed by atoms with Gasteiger partial charge < -0.3 is 5.11 Å². The van der Waals surface area contributed by atoms with Crippen molar-refractivity contribution in [2.24, 2.45) is 5.10 Å². The molecule has 29 heavy (non-hydrogen) atoms. The van der Waals surface area contributed by atoms with E-state index in [4.69, 9.17) is 0 Å². The molecule has 7 nitrogen and oxygen atoms in total. The van der Waals surface area contributed by atoms with Gasteiger partial charge in [-0.1, -0.05) is 45.9 Å². The third-order valence-electron chi connectivity index (χ3n) is 3.74. The van der Waals surface area contributed by atoms with Gasteiger partial charge in [0.15, 0.2) is 11.0 Å². The predicted molar refractivity (Wildman–Crippen MR) is 118 cm³/mol. The Labute approximate surface area is 180 Å². The molecule has 1 aromatic heterocycles. The highest BCUT2D eigenvalue weighted by Gasteiger charge is 2.15. The molecule has 0 saturated carbocycles. The molecule has 0 aliphatic rings. The Kier molecular flexibility index (Phi) is 7.20. The van der Waals surface area contributed by atoms with E-state index in [2.05, 4.69) is 43.2 Å². The van der Waals surface area contributed by atoms with Crippen molar-refractivity contribution in [1.29, 1.82) is 0 Å². The number of aromatic hydroxyl groups is 1. The van der Waals surface area contributed by atoms with E-state index in [9.17, 15) is 9.90 Å². The first-order valence-electron chi connectivity index (χ1n) is 8.60. The van der Waals surface area contributed by atoms with Gasteiger partial charge >= 0.3 is 0 Å². The Hall–Kier alpha value is -2.91. The van der Waals surface area contributed by atoms with E-state index in [0.29, 0.717) is 17.5 Å². The summed E-state index contributed by atoms with van der Waals surface area (Å²) in [6.45, 7) is 4.32. The number of aromatic nitrogens is 3. The summed E-state index contributed by atoms with van der Waals surface area (Å²) in [4.78, 5) is 12.1. The van der Waals surface area contributed by atoms with Crippen LogP contribution in [0.1, 0.15) is 5.56 Å². The fourth-order valence-corrected chi connectivity index (χ4v) is 3.57. The minimum Gasteiger partial charge on any atom is -0.508 e. The van der Waals surface area contributed by atoms with E-state index < -0.39 is 0 Å². The molecule has 0 spiro atoms. The zero-order valence-electron chi connectivity index (χ0n) is 15.3. The number of allylic oxidation sites excluding steroid dienone is 1. The van der Waals surface area contributed by atoms with Crippen LogP contribution < -0.4 is 5.43 Å². The smallest absolute Gasteiger partial charge is 0.250 e. The molecule has 9 heteroatoms. The molecule has 1 amide bonds. The topological polar surface area (TPSA) is 92.4 Å². The van der Waals surface area contributed by atoms with Gasteiger partial charge in [-0.05, 0) is 42.0 Å². The molecule has 1 heterocycles. The van der Waals surface area contributed by atoms with Crippen molar-refractivity contribution in [2.75, 3.05) is 5.75 Å². The lowest BCUT2D eigenvalue weighted by Gasteiger charge is -2.07. The molecule has 0 radical (unpaired) electrons. The lowest BCUT2D eigenvalue weighted by Crippen LogP contribution is -2.20. The van der Waals surface area contributed by atoms with Crippen molar-refractivity contribution in [3.8, 4) is 17.1 Å². The van der Waals surface area contributed by atoms with Crippen molar-refractivity contribution in [3.05, 3.63) is 71.2 Å². The van der Waals surface area contributed by atoms with Gasteiger partial charge in [-0.2, -0.15) is 5.10 Å². The molecule has 3 rings (SSSR count). The molecule has 0 fully saturated rings. The summed E-state index contributed by atoms with van der Waals surface area (Å²) in [7, 11) is 0. The van der Waals surface area contributed by atoms with Crippen molar-refractivity contribution in [3.63, 3.8) is 0 Å². The molecule has 0 atom stereocenters. The highest BCUT2D eigenvalue weighted by atomic mass is 79.9. The van der Waals surface area contributed by atoms with E-state index in [-0.39, 0.29) is 17.4 Å². The first-order chi connectivity index (χ1) is 14.1. The number of hydrogen-bond donors (Lipinski definition) is 2. The number of amides is 1. The summed E-state index contributed by atoms with van der Waals surface area (Å²) in [5.74, 6) is 0.760. The van der Waals surface area contributed by atoms with Gasteiger partial charge in [0, 0.05) is 16.6 Å². The van der Waals surface area contributed by atoms with Crippen molar-refractivity contribution in [2.45, 2.75) is 11.7 Å². The van der Waals surface area contributed by atoms with Crippen LogP contribution in [0.4, 0.5) is 0 Å². The fourth-order valence-electron chi connectivity index (χ4n) is 2.43. The van der Waals surface area contributed by atoms with Crippen LogP contribution in [0.25, 0.3) is 11.4 Å². The molecule has 0 saturated heterocycles. The number of benzene rings is 2. The van der Waals surface area contributed by atoms with Crippen LogP contribution in [0.5, 0.6) is 5.75 Å². The Morgan fingerprint density at radius 2 is 2.07 bits per heavy atom. The number of carbonyl (C=O) groups is 1. The van der Waals surface area contributed by atoms with Crippen molar-refractivity contribution < 1.29 is 9.90 Å². The molecule has 148 valence electrons. The van der Waals surface area contributed by atoms with Crippen LogP contribution in [-0.2, 0) is 11.3 Å². The predicted octanol–water partition coefficient (Wildman–Crippen LogP) is 3.84. The third-order valence-corrected chi connectivity index (χ3v) is 5.20. The summed E-state index contributed by atoms with van der Waals surface area (Å²) >= 11 is 4.74. The maximum atomic E-state index is 12.1. The van der Waals surface area contributed by atoms with Crippen LogP contribution in [0.2, 0.25) is 0 Å². The molecule has 3 aromatic rings. The van der Waals surface area contributed by atoms with E-state index in [0.717, 1.165) is 15.6 Å². The minimum absolute atomic E-state index is 0.140. The molecule has 0 aliphatic heterocycles. The van der Waals surface area contributed by atoms with E-state index >= 15 is 0 Å². The maximum Gasteiger partial charge on any atom is 0.250 e. The molecule has 0 bridgehead atoms. The summed E-state index contributed by atoms with van der Waals surface area (Å²) < 4.78 is 2.86. The van der Waals surface area contributed by atoms with Crippen LogP contribution in [0.15, 0.2) is 75.9 Å². The number of hydrogen-bond acceptors (Lipinski definition) is 6. The van der Waals surface area contributed by atoms with Crippen LogP contribution in [-0.4, -0.2) is 37.7 Å². The zero-order chi connectivity index (χ0) is 20.6. The fraction of sp³-hybridized carbons (Fsp3) is 0.100. The normalized spacial score (nSPS) is 10.9. The molecule has 0 aliphatic carbocycles. The number of phenolic OH excluding ortho intramolecular Hbond substituents is 1. The number of phenols is 1. The monoisotopic (exact) mass is 471 g/mol. The van der Waals surface area contributed by atoms with Gasteiger partial charge in [0.05, 0.1) is 12.0 Å². The summed E-state index contributed by atoms with van der Waals surface area (Å²) in [5, 5.41) is 22.3. The number of nitrogens with one attached hydrogen (secondary N) is 1. The highest BCUT2D eigenvalue weighted by molar-refractivity contribution is 9.10. The van der Waals surface area contributed by atoms with Crippen LogP contribution in [0, 0.1) is 0 Å². The summed E-state index contributed by atoms with van der Waals surface area (Å²) in [6.07, 6.45) is 3.27. The minimum atomic E-state index is -0.262. The zero-order valence-corrected chi connectivity index (χ0v) is 17.7. The van der Waals surface area contributed by atoms with Gasteiger partial charge in [0.2, 0.25) is 0 Å². The number of nitrogens with zero attached hydrogens (tertiary/aromatic N) is 4. The van der Waals surface area contributed by atoms with Crippen molar-refractivity contribution in [1.82, 2.24) is 20.2 Å². The van der Waals surface area contributed by atoms with Gasteiger partial charge in [-0.25, -0.2) is 5.43 Å². The highest BCUT2D eigenvalue weighted by Crippen LogP contribution is 2.26. The van der Waals surface area contributed by atoms with Gasteiger partial charge in [-0.15, -0.1) is 16.8 Å². The Morgan fingerprint density at radius 1 is 1.28 bits per heavy atom. The number of rotatable bonds is 8. The number of halogens is 1. The van der Waals surface area contributed by atoms with Crippen LogP contribution in [0.3, 0.4) is 0 Å². The average molecular weight is 472 g/mol. The average Bonchev–Trinajstić information content (AvgIpc) is 3.11. The standard InChI is InChI=1S/C20H18BrN5O2S/c1-2-10-26-19(15-4-3-5-16(21)11-15)24-25-20(26)29-13-18(28)23-22-12-14-6-8-17(27)9-7-14/h2-9,11-12,27H,1,10,13H2,(H,23,28)/b22-12+. The van der Waals surface area contributed by atoms with Crippen LogP contribution >= 0.6 is 27.7 Å². The quantitative estimate of drug-likeness (QED) is 0.225. The van der Waals surface area contributed by atoms with Gasteiger partial charge in [0.25, 0.3) is 5.91 Å². The molecule has 2 N–H and O–H groups in total. The van der Waals surface area contributed by atoms with E-state index in [1.807, 2.05) is 28.8 Å². The Morgan fingerprint density at radius 3 is 2.79 bits per heavy atom. The summed E-state index contributed by atoms with van der Waals surface area (Å²) in [6, 6.07) is 14.3. The Bertz CT molecular complexity index is 1030. The lowest BCUT2D eigenvalue weighted by atomic mass is 10.2. The maximum absolute atomic E-state index is 12.1. The van der Waals surface area contributed by atoms with Gasteiger partial charge in [-0.3, -0.25) is 9.36 Å². The lowest BCUT2D eigenvalue weighted by molar-refractivity contribution is -0.118. The number of thioether (sulfide) groups is 1. The SMILES string of the molecule is C=CCn1c(SCC(=O)N/N=C/c2ccc(O)cc2)nnc1-c1cccc(Br)c1. The number of carbonyl (C=O) groups excluding carboxylic acids is 1. The third kappa shape index (κ3) is 5.78. The summed E-state index contributed by atoms with van der Waals surface area (Å²) in [5.41, 5.74) is 4.16. The first-order valence-corrected chi connectivity index (χ1v) is 10.4. The second-order valence-electron chi connectivity index (χ2n) is 5.89. The van der Waals surface area contributed by atoms with Crippen molar-refractivity contribution >= 4 is 39.8 Å². The van der Waals surface area contributed by atoms with E-state index in [1.54, 1.807) is 30.3 Å². The molecule has 0 unspecified atom stereocenters. The van der Waals surface area contributed by atoms with E-state index in [1.165, 1.54) is 18.0 Å². The molecular weight excluding hydrogens is 454 g/mol. The largest absolute Gasteiger partial charge is 0.508 e. The second kappa shape index (κ2) is 10.0.